The molecular weight excluding hydrogens is 1670 g/mol. The van der Waals surface area contributed by atoms with Gasteiger partial charge in [-0.25, -0.2) is 19.9 Å². The lowest BCUT2D eigenvalue weighted by Crippen LogP contribution is -2.04. The average molecular weight is 1750 g/mol. The van der Waals surface area contributed by atoms with E-state index in [1.807, 2.05) is 178 Å². The van der Waals surface area contributed by atoms with Crippen LogP contribution < -0.4 is 18.9 Å². The van der Waals surface area contributed by atoms with Crippen LogP contribution in [0.1, 0.15) is 27.7 Å². The van der Waals surface area contributed by atoms with Crippen LogP contribution in [0.15, 0.2) is 279 Å². The van der Waals surface area contributed by atoms with E-state index in [0.29, 0.717) is 49.7 Å². The first-order chi connectivity index (χ1) is 64.1. The average Bonchev–Trinajstić information content (AvgIpc) is 0.742. The quantitative estimate of drug-likeness (QED) is 0.0316. The molecule has 4 aromatic heterocycles. The van der Waals surface area contributed by atoms with E-state index in [4.69, 9.17) is 18.9 Å². The van der Waals surface area contributed by atoms with Crippen LogP contribution in [0, 0.1) is 0 Å². The van der Waals surface area contributed by atoms with E-state index in [1.165, 1.54) is 0 Å². The summed E-state index contributed by atoms with van der Waals surface area (Å²) in [6, 6.07) is 86.0. The number of benzene rings is 17. The van der Waals surface area contributed by atoms with Crippen molar-refractivity contribution in [1.82, 2.24) is 59.8 Å². The molecule has 0 aliphatic rings. The standard InChI is InChI=1S/C29H21N3O4.3C25H19N3O4/c1-2-36-29-31-27(30-28(32-29)26-24(34)13-17(33)14-25(26)35)23-15-22-18-8-4-3-7-16(18)11-12-21(22)19-9-5-6-10-20(19)23;1-2-32-25-27-23(26-24(28-25)22-19(30)12-16(29)13-20(22)31)21-17-9-5-3-7-14(17)11-15-8-4-6-10-18(15)21;1-2-32-25-27-23(26-24(28-25)22-20(30)12-15(29)13-21(22)31)19-11-14-7-3-4-8-16(14)17-9-5-6-10-18(17)19;1-2-32-25-27-23(26-24(28-25)22-20(30)12-19(29)13-21(22)31)17-8-7-16-9-14-5-3-4-6-15(14)10-18(16)11-17/h3-15,33-35H,2H2,1H3;3*3-13,29-31H,2H2,1H3. The second-order valence-electron chi connectivity index (χ2n) is 30.2. The third-order valence-electron chi connectivity index (χ3n) is 21.7. The van der Waals surface area contributed by atoms with E-state index < -0.39 is 0 Å². The van der Waals surface area contributed by atoms with Gasteiger partial charge in [-0.3, -0.25) is 0 Å². The Kier molecular flexibility index (Phi) is 23.2. The first-order valence-corrected chi connectivity index (χ1v) is 41.8. The van der Waals surface area contributed by atoms with Gasteiger partial charge < -0.3 is 80.2 Å². The molecule has 21 aromatic rings. The number of phenolic OH excluding ortho intramolecular Hbond substituents is 12. The zero-order chi connectivity index (χ0) is 91.5. The number of nitrogens with zero attached hydrogens (tertiary/aromatic N) is 12. The van der Waals surface area contributed by atoms with E-state index >= 15 is 0 Å². The molecule has 0 fully saturated rings. The number of aromatic hydroxyl groups is 12. The van der Waals surface area contributed by atoms with Crippen LogP contribution in [0.4, 0.5) is 0 Å². The highest BCUT2D eigenvalue weighted by atomic mass is 16.5. The van der Waals surface area contributed by atoms with Gasteiger partial charge in [0.15, 0.2) is 46.6 Å². The molecule has 132 heavy (non-hydrogen) atoms. The fraction of sp³-hybridized carbons (Fsp3) is 0.0769. The Balaban J connectivity index is 0.000000118. The van der Waals surface area contributed by atoms with Crippen LogP contribution in [0.3, 0.4) is 0 Å². The molecule has 0 bridgehead atoms. The zero-order valence-corrected chi connectivity index (χ0v) is 70.8. The van der Waals surface area contributed by atoms with E-state index in [1.54, 1.807) is 6.92 Å². The van der Waals surface area contributed by atoms with Gasteiger partial charge in [0.05, 0.1) is 26.4 Å². The molecule has 0 atom stereocenters. The van der Waals surface area contributed by atoms with Gasteiger partial charge in [-0.2, -0.15) is 39.9 Å². The SMILES string of the molecule is CCOc1nc(-c2c(O)cc(O)cc2O)nc(-c2c3ccccc3cc3ccccc23)n1.CCOc1nc(-c2c(O)cc(O)cc2O)nc(-c2cc3c4ccccc4ccc3c3ccccc23)n1.CCOc1nc(-c2c(O)cc(O)cc2O)nc(-c2cc3ccccc3c3ccccc23)n1.CCOc1nc(-c2ccc3cc4ccccc4cc3c2)nc(-c2c(O)cc(O)cc2O)n1. The molecule has 0 radical (unpaired) electrons. The summed E-state index contributed by atoms with van der Waals surface area (Å²) < 4.78 is 22.3. The molecule has 21 rings (SSSR count). The Morgan fingerprint density at radius 2 is 0.439 bits per heavy atom. The van der Waals surface area contributed by atoms with Gasteiger partial charge in [-0.1, -0.05) is 194 Å². The Morgan fingerprint density at radius 1 is 0.182 bits per heavy atom. The minimum absolute atomic E-state index is 0.0146. The maximum atomic E-state index is 10.5. The maximum Gasteiger partial charge on any atom is 0.320 e. The first-order valence-electron chi connectivity index (χ1n) is 41.8. The summed E-state index contributed by atoms with van der Waals surface area (Å²) in [6.07, 6.45) is 0. The number of hydrogen-bond donors (Lipinski definition) is 12. The molecule has 17 aromatic carbocycles. The Morgan fingerprint density at radius 3 is 0.841 bits per heavy atom. The van der Waals surface area contributed by atoms with Gasteiger partial charge in [0.1, 0.15) is 91.2 Å². The van der Waals surface area contributed by atoms with Gasteiger partial charge in [0.2, 0.25) is 0 Å². The van der Waals surface area contributed by atoms with Crippen molar-refractivity contribution in [3.8, 4) is 184 Å². The molecule has 0 saturated carbocycles. The molecule has 0 spiro atoms. The lowest BCUT2D eigenvalue weighted by Gasteiger charge is -2.14. The Labute approximate surface area is 750 Å². The lowest BCUT2D eigenvalue weighted by atomic mass is 9.93. The normalized spacial score (nSPS) is 11.2. The zero-order valence-electron chi connectivity index (χ0n) is 70.8. The van der Waals surface area contributed by atoms with Crippen molar-refractivity contribution in [1.29, 1.82) is 0 Å². The van der Waals surface area contributed by atoms with E-state index in [2.05, 4.69) is 133 Å². The minimum atomic E-state index is -0.360. The molecule has 12 N–H and O–H groups in total. The number of hydrogen-bond acceptors (Lipinski definition) is 28. The summed E-state index contributed by atoms with van der Waals surface area (Å²) in [6.45, 7) is 8.55. The van der Waals surface area contributed by atoms with E-state index in [9.17, 15) is 61.3 Å². The lowest BCUT2D eigenvalue weighted by molar-refractivity contribution is 0.312. The van der Waals surface area contributed by atoms with Gasteiger partial charge in [-0.15, -0.1) is 0 Å². The van der Waals surface area contributed by atoms with Crippen molar-refractivity contribution in [2.45, 2.75) is 27.7 Å². The molecule has 4 heterocycles. The highest BCUT2D eigenvalue weighted by molar-refractivity contribution is 6.21. The smallest absolute Gasteiger partial charge is 0.320 e. The van der Waals surface area contributed by atoms with Gasteiger partial charge >= 0.3 is 24.0 Å². The Hall–Kier alpha value is -18.1. The van der Waals surface area contributed by atoms with Crippen LogP contribution in [-0.4, -0.2) is 148 Å². The number of fused-ring (bicyclic) bond motifs is 12. The number of ether oxygens (including phenoxy) is 4. The maximum absolute atomic E-state index is 10.5. The highest BCUT2D eigenvalue weighted by Crippen LogP contribution is 2.48. The molecule has 28 nitrogen and oxygen atoms in total. The number of phenols is 12. The van der Waals surface area contributed by atoms with E-state index in [-0.39, 0.29) is 139 Å². The predicted molar refractivity (Wildman–Crippen MR) is 505 cm³/mol. The van der Waals surface area contributed by atoms with Crippen LogP contribution in [0.5, 0.6) is 93.0 Å². The summed E-state index contributed by atoms with van der Waals surface area (Å²) in [5, 5.41) is 141. The van der Waals surface area contributed by atoms with Crippen LogP contribution in [0.25, 0.3) is 188 Å². The summed E-state index contributed by atoms with van der Waals surface area (Å²) in [5.74, 6) is -2.47. The molecule has 0 unspecified atom stereocenters. The van der Waals surface area contributed by atoms with Crippen molar-refractivity contribution in [2.24, 2.45) is 0 Å². The molecule has 0 amide bonds. The van der Waals surface area contributed by atoms with Gasteiger partial charge in [0.25, 0.3) is 0 Å². The fourth-order valence-corrected chi connectivity index (χ4v) is 16.1. The molecule has 0 aliphatic carbocycles. The molecular formula is C104H78N12O16. The second kappa shape index (κ2) is 36.1. The molecule has 0 aliphatic heterocycles. The van der Waals surface area contributed by atoms with Crippen molar-refractivity contribution in [2.75, 3.05) is 26.4 Å². The van der Waals surface area contributed by atoms with Crippen LogP contribution >= 0.6 is 0 Å². The number of rotatable bonds is 16. The Bertz CT molecular complexity index is 7970. The van der Waals surface area contributed by atoms with E-state index in [0.717, 1.165) is 168 Å². The first kappa shape index (κ1) is 84.7. The monoisotopic (exact) mass is 1750 g/mol. The third kappa shape index (κ3) is 17.0. The van der Waals surface area contributed by atoms with Gasteiger partial charge in [0, 0.05) is 70.8 Å². The summed E-state index contributed by atoms with van der Waals surface area (Å²) in [7, 11) is 0. The largest absolute Gasteiger partial charge is 0.508 e. The minimum Gasteiger partial charge on any atom is -0.508 e. The van der Waals surface area contributed by atoms with Gasteiger partial charge in [-0.05, 0) is 161 Å². The molecule has 650 valence electrons. The summed E-state index contributed by atoms with van der Waals surface area (Å²) >= 11 is 0. The van der Waals surface area contributed by atoms with Crippen LogP contribution in [-0.2, 0) is 0 Å². The van der Waals surface area contributed by atoms with Crippen molar-refractivity contribution in [3.05, 3.63) is 279 Å². The molecule has 28 heteroatoms. The third-order valence-corrected chi connectivity index (χ3v) is 21.7. The predicted octanol–water partition coefficient (Wildman–Crippen LogP) is 21.3. The highest BCUT2D eigenvalue weighted by Gasteiger charge is 2.27. The fourth-order valence-electron chi connectivity index (χ4n) is 16.1. The van der Waals surface area contributed by atoms with Crippen LogP contribution in [0.2, 0.25) is 0 Å². The number of aromatic nitrogens is 12. The van der Waals surface area contributed by atoms with Crippen molar-refractivity contribution in [3.63, 3.8) is 0 Å². The summed E-state index contributed by atoms with van der Waals surface area (Å²) in [4.78, 5) is 53.4. The van der Waals surface area contributed by atoms with Crippen molar-refractivity contribution >= 4 is 97.0 Å². The second-order valence-corrected chi connectivity index (χ2v) is 30.2. The van der Waals surface area contributed by atoms with Crippen molar-refractivity contribution < 1.29 is 80.2 Å². The summed E-state index contributed by atoms with van der Waals surface area (Å²) in [5.41, 5.74) is 2.98. The topological polar surface area (TPSA) is 434 Å². The molecule has 0 saturated heterocycles.